The van der Waals surface area contributed by atoms with Gasteiger partial charge in [-0.05, 0) is 24.1 Å². The quantitative estimate of drug-likeness (QED) is 0.745. The fourth-order valence-corrected chi connectivity index (χ4v) is 1.87. The van der Waals surface area contributed by atoms with Crippen LogP contribution in [0.3, 0.4) is 0 Å². The number of aliphatic hydroxyl groups is 1. The zero-order valence-corrected chi connectivity index (χ0v) is 11.2. The second kappa shape index (κ2) is 5.42. The number of nitrogen functional groups attached to an aromatic ring is 1. The van der Waals surface area contributed by atoms with Crippen LogP contribution in [0.25, 0.3) is 0 Å². The normalized spacial score (nSPS) is 13.8. The number of aromatic nitrogens is 2. The van der Waals surface area contributed by atoms with Crippen molar-refractivity contribution in [2.45, 2.75) is 12.5 Å². The third-order valence-corrected chi connectivity index (χ3v) is 3.09. The van der Waals surface area contributed by atoms with Crippen molar-refractivity contribution in [3.05, 3.63) is 47.4 Å². The number of anilines is 2. The van der Waals surface area contributed by atoms with Gasteiger partial charge in [0.05, 0.1) is 24.0 Å². The lowest BCUT2D eigenvalue weighted by molar-refractivity contribution is 0.224. The third kappa shape index (κ3) is 2.94. The highest BCUT2D eigenvalue weighted by Gasteiger charge is 2.26. The summed E-state index contributed by atoms with van der Waals surface area (Å²) in [5.41, 5.74) is 6.40. The van der Waals surface area contributed by atoms with Gasteiger partial charge in [0, 0.05) is 0 Å². The smallest absolute Gasteiger partial charge is 0.224 e. The predicted molar refractivity (Wildman–Crippen MR) is 76.0 cm³/mol. The number of halogens is 1. The number of rotatable bonds is 4. The van der Waals surface area contributed by atoms with Gasteiger partial charge in [-0.3, -0.25) is 0 Å². The van der Waals surface area contributed by atoms with Crippen molar-refractivity contribution in [2.75, 3.05) is 17.7 Å². The average Bonchev–Trinajstić information content (AvgIpc) is 2.44. The maximum absolute atomic E-state index is 9.68. The highest BCUT2D eigenvalue weighted by Crippen LogP contribution is 2.27. The van der Waals surface area contributed by atoms with Crippen molar-refractivity contribution in [2.24, 2.45) is 0 Å². The van der Waals surface area contributed by atoms with Gasteiger partial charge in [0.15, 0.2) is 5.82 Å². The summed E-state index contributed by atoms with van der Waals surface area (Å²) in [6.07, 6.45) is 1.43. The molecule has 1 atom stereocenters. The van der Waals surface area contributed by atoms with E-state index in [0.717, 1.165) is 5.56 Å². The molecule has 0 aliphatic carbocycles. The van der Waals surface area contributed by atoms with Gasteiger partial charge in [-0.2, -0.15) is 4.98 Å². The topological polar surface area (TPSA) is 84.1 Å². The summed E-state index contributed by atoms with van der Waals surface area (Å²) in [4.78, 5) is 7.83. The number of nitrogens with zero attached hydrogens (tertiary/aromatic N) is 2. The molecule has 0 amide bonds. The molecule has 4 N–H and O–H groups in total. The summed E-state index contributed by atoms with van der Waals surface area (Å²) in [6, 6.07) is 9.56. The Bertz CT molecular complexity index is 564. The lowest BCUT2D eigenvalue weighted by Crippen LogP contribution is -2.36. The molecular weight excluding hydrogens is 264 g/mol. The van der Waals surface area contributed by atoms with E-state index in [4.69, 9.17) is 17.3 Å². The molecule has 6 heteroatoms. The van der Waals surface area contributed by atoms with Gasteiger partial charge in [-0.15, -0.1) is 0 Å². The first-order chi connectivity index (χ1) is 9.05. The summed E-state index contributed by atoms with van der Waals surface area (Å²) in [5.74, 6) is 0.403. The standard InChI is InChI=1S/C13H15ClN4O/c1-13(8-19,9-5-3-2-4-6-9)18-11-10(15)7-16-12(14)17-11/h2-7,19H,8,15H2,1H3,(H,16,17,18). The van der Waals surface area contributed by atoms with Gasteiger partial charge in [-0.1, -0.05) is 30.3 Å². The van der Waals surface area contributed by atoms with Crippen LogP contribution in [0.5, 0.6) is 0 Å². The van der Waals surface area contributed by atoms with Crippen LogP contribution in [0, 0.1) is 0 Å². The van der Waals surface area contributed by atoms with Gasteiger partial charge in [0.2, 0.25) is 5.28 Å². The minimum Gasteiger partial charge on any atom is -0.394 e. The molecule has 0 aliphatic heterocycles. The van der Waals surface area contributed by atoms with E-state index < -0.39 is 5.54 Å². The largest absolute Gasteiger partial charge is 0.394 e. The molecule has 0 bridgehead atoms. The predicted octanol–water partition coefficient (Wildman–Crippen LogP) is 2.03. The summed E-state index contributed by atoms with van der Waals surface area (Å²) in [5, 5.41) is 12.9. The van der Waals surface area contributed by atoms with Gasteiger partial charge in [0.1, 0.15) is 0 Å². The van der Waals surface area contributed by atoms with Crippen molar-refractivity contribution in [3.63, 3.8) is 0 Å². The number of hydrogen-bond donors (Lipinski definition) is 3. The minimum atomic E-state index is -0.701. The maximum atomic E-state index is 9.68. The Morgan fingerprint density at radius 1 is 1.37 bits per heavy atom. The second-order valence-corrected chi connectivity index (χ2v) is 4.76. The molecular formula is C13H15ClN4O. The van der Waals surface area contributed by atoms with Crippen LogP contribution >= 0.6 is 11.6 Å². The zero-order valence-electron chi connectivity index (χ0n) is 10.5. The lowest BCUT2D eigenvalue weighted by atomic mass is 9.93. The molecule has 1 aromatic carbocycles. The first-order valence-electron chi connectivity index (χ1n) is 5.78. The van der Waals surface area contributed by atoms with Crippen LogP contribution in [0.15, 0.2) is 36.5 Å². The Kier molecular flexibility index (Phi) is 3.87. The fraction of sp³-hybridized carbons (Fsp3) is 0.231. The Morgan fingerprint density at radius 3 is 2.68 bits per heavy atom. The Balaban J connectivity index is 2.36. The number of benzene rings is 1. The van der Waals surface area contributed by atoms with E-state index in [9.17, 15) is 5.11 Å². The van der Waals surface area contributed by atoms with E-state index >= 15 is 0 Å². The van der Waals surface area contributed by atoms with E-state index in [2.05, 4.69) is 15.3 Å². The number of aliphatic hydroxyl groups excluding tert-OH is 1. The van der Waals surface area contributed by atoms with Crippen molar-refractivity contribution < 1.29 is 5.11 Å². The molecule has 0 spiro atoms. The lowest BCUT2D eigenvalue weighted by Gasteiger charge is -2.30. The van der Waals surface area contributed by atoms with Crippen LogP contribution in [0.1, 0.15) is 12.5 Å². The second-order valence-electron chi connectivity index (χ2n) is 4.42. The van der Waals surface area contributed by atoms with Crippen LogP contribution in [0.4, 0.5) is 11.5 Å². The number of nitrogens with two attached hydrogens (primary N) is 1. The SMILES string of the molecule is CC(CO)(Nc1nc(Cl)ncc1N)c1ccccc1. The summed E-state index contributed by atoms with van der Waals surface area (Å²) >= 11 is 5.75. The first-order valence-corrected chi connectivity index (χ1v) is 6.15. The molecule has 0 fully saturated rings. The van der Waals surface area contributed by atoms with Gasteiger partial charge in [0.25, 0.3) is 0 Å². The fourth-order valence-electron chi connectivity index (χ4n) is 1.74. The molecule has 0 radical (unpaired) electrons. The molecule has 100 valence electrons. The molecule has 1 unspecified atom stereocenters. The van der Waals surface area contributed by atoms with Crippen LogP contribution < -0.4 is 11.1 Å². The molecule has 1 aromatic heterocycles. The van der Waals surface area contributed by atoms with Crippen LogP contribution in [0.2, 0.25) is 5.28 Å². The summed E-state index contributed by atoms with van der Waals surface area (Å²) < 4.78 is 0. The van der Waals surface area contributed by atoms with Crippen molar-refractivity contribution in [3.8, 4) is 0 Å². The number of hydrogen-bond acceptors (Lipinski definition) is 5. The van der Waals surface area contributed by atoms with Crippen molar-refractivity contribution in [1.82, 2.24) is 9.97 Å². The van der Waals surface area contributed by atoms with E-state index in [1.165, 1.54) is 6.20 Å². The van der Waals surface area contributed by atoms with E-state index in [1.807, 2.05) is 37.3 Å². The monoisotopic (exact) mass is 278 g/mol. The molecule has 19 heavy (non-hydrogen) atoms. The molecule has 2 aromatic rings. The molecule has 0 saturated heterocycles. The summed E-state index contributed by atoms with van der Waals surface area (Å²) in [6.45, 7) is 1.75. The van der Waals surface area contributed by atoms with Crippen LogP contribution in [-0.2, 0) is 5.54 Å². The molecule has 0 aliphatic rings. The van der Waals surface area contributed by atoms with Crippen molar-refractivity contribution >= 4 is 23.1 Å². The highest BCUT2D eigenvalue weighted by molar-refractivity contribution is 6.28. The van der Waals surface area contributed by atoms with Crippen molar-refractivity contribution in [1.29, 1.82) is 0 Å². The van der Waals surface area contributed by atoms with Gasteiger partial charge in [-0.25, -0.2) is 4.98 Å². The maximum Gasteiger partial charge on any atom is 0.224 e. The van der Waals surface area contributed by atoms with E-state index in [0.29, 0.717) is 11.5 Å². The Labute approximate surface area is 116 Å². The first kappa shape index (κ1) is 13.6. The third-order valence-electron chi connectivity index (χ3n) is 2.91. The van der Waals surface area contributed by atoms with Crippen LogP contribution in [-0.4, -0.2) is 21.7 Å². The average molecular weight is 279 g/mol. The highest BCUT2D eigenvalue weighted by atomic mass is 35.5. The Hall–Kier alpha value is -1.85. The van der Waals surface area contributed by atoms with Gasteiger partial charge < -0.3 is 16.2 Å². The van der Waals surface area contributed by atoms with Gasteiger partial charge >= 0.3 is 0 Å². The molecule has 5 nitrogen and oxygen atoms in total. The molecule has 1 heterocycles. The molecule has 2 rings (SSSR count). The van der Waals surface area contributed by atoms with E-state index in [-0.39, 0.29) is 11.9 Å². The Morgan fingerprint density at radius 2 is 2.05 bits per heavy atom. The summed E-state index contributed by atoms with van der Waals surface area (Å²) in [7, 11) is 0. The minimum absolute atomic E-state index is 0.102. The number of nitrogens with one attached hydrogen (secondary N) is 1. The molecule has 0 saturated carbocycles. The zero-order chi connectivity index (χ0) is 13.9. The van der Waals surface area contributed by atoms with E-state index in [1.54, 1.807) is 0 Å².